The van der Waals surface area contributed by atoms with Gasteiger partial charge in [0.1, 0.15) is 0 Å². The fourth-order valence-corrected chi connectivity index (χ4v) is 1.99. The average molecular weight is 281 g/mol. The van der Waals surface area contributed by atoms with E-state index in [4.69, 9.17) is 21.4 Å². The summed E-state index contributed by atoms with van der Waals surface area (Å²) in [5.41, 5.74) is 1.97. The van der Waals surface area contributed by atoms with Crippen molar-refractivity contribution in [3.63, 3.8) is 0 Å². The molecule has 100 valence electrons. The molecule has 19 heavy (non-hydrogen) atoms. The highest BCUT2D eigenvalue weighted by atomic mass is 35.5. The Balaban J connectivity index is 2.52. The molecule has 0 saturated carbocycles. The molecule has 0 fully saturated rings. The first-order chi connectivity index (χ1) is 9.02. The van der Waals surface area contributed by atoms with Crippen molar-refractivity contribution in [2.45, 2.75) is 13.3 Å². The van der Waals surface area contributed by atoms with E-state index in [-0.39, 0.29) is 6.42 Å². The summed E-state index contributed by atoms with van der Waals surface area (Å²) in [6.07, 6.45) is -0.122. The van der Waals surface area contributed by atoms with Crippen LogP contribution in [0.15, 0.2) is 24.3 Å². The van der Waals surface area contributed by atoms with Crippen LogP contribution in [-0.4, -0.2) is 28.0 Å². The van der Waals surface area contributed by atoms with E-state index < -0.39 is 5.97 Å². The van der Waals surface area contributed by atoms with Crippen LogP contribution in [0.5, 0.6) is 5.88 Å². The highest BCUT2D eigenvalue weighted by Gasteiger charge is 2.19. The van der Waals surface area contributed by atoms with Crippen molar-refractivity contribution >= 4 is 17.6 Å². The number of carboxylic acid groups (broad SMARTS) is 1. The third-order valence-electron chi connectivity index (χ3n) is 2.73. The molecule has 1 N–H and O–H groups in total. The zero-order valence-electron chi connectivity index (χ0n) is 10.6. The normalized spacial score (nSPS) is 10.5. The Labute approximate surface area is 115 Å². The minimum absolute atomic E-state index is 0.122. The van der Waals surface area contributed by atoms with Crippen LogP contribution in [0, 0.1) is 6.92 Å². The summed E-state index contributed by atoms with van der Waals surface area (Å²) in [6.45, 7) is 1.76. The summed E-state index contributed by atoms with van der Waals surface area (Å²) in [4.78, 5) is 10.9. The van der Waals surface area contributed by atoms with Crippen molar-refractivity contribution in [1.82, 2.24) is 9.78 Å². The maximum absolute atomic E-state index is 10.9. The molecule has 2 aromatic rings. The van der Waals surface area contributed by atoms with Gasteiger partial charge in [-0.3, -0.25) is 4.79 Å². The lowest BCUT2D eigenvalue weighted by Gasteiger charge is -2.07. The number of methoxy groups -OCH3 is 1. The van der Waals surface area contributed by atoms with Gasteiger partial charge < -0.3 is 9.84 Å². The number of halogens is 1. The van der Waals surface area contributed by atoms with Crippen LogP contribution in [0.25, 0.3) is 5.69 Å². The van der Waals surface area contributed by atoms with Gasteiger partial charge >= 0.3 is 5.97 Å². The van der Waals surface area contributed by atoms with Gasteiger partial charge in [-0.2, -0.15) is 5.10 Å². The van der Waals surface area contributed by atoms with Crippen molar-refractivity contribution in [3.05, 3.63) is 40.5 Å². The highest BCUT2D eigenvalue weighted by Crippen LogP contribution is 2.26. The molecule has 0 bridgehead atoms. The van der Waals surface area contributed by atoms with E-state index in [0.717, 1.165) is 5.69 Å². The van der Waals surface area contributed by atoms with Crippen molar-refractivity contribution in [2.24, 2.45) is 0 Å². The van der Waals surface area contributed by atoms with Crippen LogP contribution in [0.3, 0.4) is 0 Å². The summed E-state index contributed by atoms with van der Waals surface area (Å²) in [7, 11) is 1.49. The van der Waals surface area contributed by atoms with Crippen LogP contribution >= 0.6 is 11.6 Å². The number of aliphatic carboxylic acids is 1. The second kappa shape index (κ2) is 5.32. The van der Waals surface area contributed by atoms with Gasteiger partial charge in [-0.15, -0.1) is 0 Å². The number of aromatic nitrogens is 2. The standard InChI is InChI=1S/C13H13ClN2O3/c1-8-11(7-12(17)18)13(19-2)16(15-8)10-5-3-9(14)4-6-10/h3-6H,7H2,1-2H3,(H,17,18). The molecule has 0 unspecified atom stereocenters. The lowest BCUT2D eigenvalue weighted by Crippen LogP contribution is -2.04. The van der Waals surface area contributed by atoms with Gasteiger partial charge in [0, 0.05) is 10.6 Å². The maximum atomic E-state index is 10.9. The predicted molar refractivity (Wildman–Crippen MR) is 71.2 cm³/mol. The Morgan fingerprint density at radius 2 is 2.05 bits per heavy atom. The third-order valence-corrected chi connectivity index (χ3v) is 2.98. The Morgan fingerprint density at radius 3 is 2.58 bits per heavy atom. The van der Waals surface area contributed by atoms with Gasteiger partial charge in [0.25, 0.3) is 0 Å². The molecular weight excluding hydrogens is 268 g/mol. The summed E-state index contributed by atoms with van der Waals surface area (Å²) < 4.78 is 6.86. The molecule has 0 aliphatic rings. The van der Waals surface area contributed by atoms with Crippen LogP contribution in [0.1, 0.15) is 11.3 Å². The van der Waals surface area contributed by atoms with E-state index in [1.165, 1.54) is 7.11 Å². The van der Waals surface area contributed by atoms with Gasteiger partial charge in [-0.25, -0.2) is 4.68 Å². The first-order valence-corrected chi connectivity index (χ1v) is 6.01. The Kier molecular flexibility index (Phi) is 3.76. The van der Waals surface area contributed by atoms with Crippen LogP contribution < -0.4 is 4.74 Å². The fraction of sp³-hybridized carbons (Fsp3) is 0.231. The Hall–Kier alpha value is -2.01. The molecule has 0 amide bonds. The number of hydrogen-bond acceptors (Lipinski definition) is 3. The van der Waals surface area contributed by atoms with Crippen molar-refractivity contribution in [1.29, 1.82) is 0 Å². The maximum Gasteiger partial charge on any atom is 0.308 e. The second-order valence-corrected chi connectivity index (χ2v) is 4.47. The fourth-order valence-electron chi connectivity index (χ4n) is 1.86. The monoisotopic (exact) mass is 280 g/mol. The molecule has 2 rings (SSSR count). The van der Waals surface area contributed by atoms with Crippen molar-refractivity contribution in [3.8, 4) is 11.6 Å². The van der Waals surface area contributed by atoms with Gasteiger partial charge in [0.15, 0.2) is 0 Å². The van der Waals surface area contributed by atoms with E-state index in [0.29, 0.717) is 22.2 Å². The smallest absolute Gasteiger partial charge is 0.308 e. The zero-order valence-corrected chi connectivity index (χ0v) is 11.3. The van der Waals surface area contributed by atoms with E-state index in [9.17, 15) is 4.79 Å². The lowest BCUT2D eigenvalue weighted by molar-refractivity contribution is -0.136. The topological polar surface area (TPSA) is 64.3 Å². The van der Waals surface area contributed by atoms with E-state index in [1.807, 2.05) is 0 Å². The first-order valence-electron chi connectivity index (χ1n) is 5.63. The predicted octanol–water partition coefficient (Wildman–Crippen LogP) is 2.47. The molecule has 0 aliphatic carbocycles. The number of ether oxygens (including phenoxy) is 1. The number of rotatable bonds is 4. The number of benzene rings is 1. The van der Waals surface area contributed by atoms with Gasteiger partial charge in [-0.1, -0.05) is 11.6 Å². The lowest BCUT2D eigenvalue weighted by atomic mass is 10.2. The van der Waals surface area contributed by atoms with Gasteiger partial charge in [-0.05, 0) is 31.2 Å². The number of carboxylic acids is 1. The van der Waals surface area contributed by atoms with Crippen LogP contribution in [0.4, 0.5) is 0 Å². The molecule has 1 heterocycles. The molecule has 0 atom stereocenters. The van der Waals surface area contributed by atoms with Crippen LogP contribution in [0.2, 0.25) is 5.02 Å². The molecule has 1 aromatic carbocycles. The van der Waals surface area contributed by atoms with Crippen molar-refractivity contribution < 1.29 is 14.6 Å². The molecule has 6 heteroatoms. The second-order valence-electron chi connectivity index (χ2n) is 4.03. The summed E-state index contributed by atoms with van der Waals surface area (Å²) >= 11 is 5.84. The number of carbonyl (C=O) groups is 1. The Bertz CT molecular complexity index is 605. The van der Waals surface area contributed by atoms with Gasteiger partial charge in [0.05, 0.1) is 24.9 Å². The molecule has 5 nitrogen and oxygen atoms in total. The number of aryl methyl sites for hydroxylation is 1. The number of hydrogen-bond donors (Lipinski definition) is 1. The van der Waals surface area contributed by atoms with Gasteiger partial charge in [0.2, 0.25) is 5.88 Å². The summed E-state index contributed by atoms with van der Waals surface area (Å²) in [6, 6.07) is 7.07. The SMILES string of the molecule is COc1c(CC(=O)O)c(C)nn1-c1ccc(Cl)cc1. The first kappa shape index (κ1) is 13.4. The average Bonchev–Trinajstić information content (AvgIpc) is 2.66. The van der Waals surface area contributed by atoms with Crippen LogP contribution in [-0.2, 0) is 11.2 Å². The third kappa shape index (κ3) is 2.71. The van der Waals surface area contributed by atoms with E-state index in [1.54, 1.807) is 35.9 Å². The van der Waals surface area contributed by atoms with E-state index >= 15 is 0 Å². The zero-order chi connectivity index (χ0) is 14.0. The Morgan fingerprint density at radius 1 is 1.42 bits per heavy atom. The molecular formula is C13H13ClN2O3. The highest BCUT2D eigenvalue weighted by molar-refractivity contribution is 6.30. The summed E-state index contributed by atoms with van der Waals surface area (Å²) in [5, 5.41) is 13.9. The molecule has 0 saturated heterocycles. The molecule has 0 spiro atoms. The minimum Gasteiger partial charge on any atom is -0.481 e. The van der Waals surface area contributed by atoms with E-state index in [2.05, 4.69) is 5.10 Å². The molecule has 0 radical (unpaired) electrons. The minimum atomic E-state index is -0.919. The quantitative estimate of drug-likeness (QED) is 0.934. The number of nitrogens with zero attached hydrogens (tertiary/aromatic N) is 2. The molecule has 0 aliphatic heterocycles. The summed E-state index contributed by atoms with van der Waals surface area (Å²) in [5.74, 6) is -0.487. The largest absolute Gasteiger partial charge is 0.481 e. The van der Waals surface area contributed by atoms with Crippen molar-refractivity contribution in [2.75, 3.05) is 7.11 Å². The molecule has 1 aromatic heterocycles.